The van der Waals surface area contributed by atoms with Crippen LogP contribution in [0.25, 0.3) is 0 Å². The van der Waals surface area contributed by atoms with Crippen molar-refractivity contribution in [2.24, 2.45) is 4.99 Å². The molecule has 0 aliphatic carbocycles. The van der Waals surface area contributed by atoms with Gasteiger partial charge in [-0.15, -0.1) is 0 Å². The van der Waals surface area contributed by atoms with Crippen LogP contribution < -0.4 is 0 Å². The van der Waals surface area contributed by atoms with Gasteiger partial charge in [0.15, 0.2) is 0 Å². The molecule has 1 aliphatic heterocycles. The van der Waals surface area contributed by atoms with E-state index in [4.69, 9.17) is 0 Å². The third kappa shape index (κ3) is 2.58. The van der Waals surface area contributed by atoms with E-state index >= 15 is 0 Å². The quantitative estimate of drug-likeness (QED) is 0.704. The van der Waals surface area contributed by atoms with Crippen molar-refractivity contribution in [1.82, 2.24) is 4.98 Å². The van der Waals surface area contributed by atoms with Crippen LogP contribution in [-0.4, -0.2) is 16.6 Å². The number of aromatic nitrogens is 1. The Morgan fingerprint density at radius 2 is 2.20 bits per heavy atom. The van der Waals surface area contributed by atoms with Gasteiger partial charge in [0.05, 0.1) is 11.3 Å². The maximum absolute atomic E-state index is 10.6. The van der Waals surface area contributed by atoms with E-state index in [0.717, 1.165) is 5.69 Å². The van der Waals surface area contributed by atoms with Gasteiger partial charge in [0.1, 0.15) is 11.7 Å². The van der Waals surface area contributed by atoms with Crippen LogP contribution >= 0.6 is 0 Å². The molecule has 0 N–H and O–H groups in total. The first kappa shape index (κ1) is 11.7. The maximum atomic E-state index is 10.6. The first-order valence-electron chi connectivity index (χ1n) is 4.30. The van der Waals surface area contributed by atoms with Crippen molar-refractivity contribution < 1.29 is 25.2 Å². The molecule has 1 aromatic heterocycles. The van der Waals surface area contributed by atoms with Gasteiger partial charge in [-0.1, -0.05) is 12.1 Å². The fourth-order valence-corrected chi connectivity index (χ4v) is 1.29. The van der Waals surface area contributed by atoms with Gasteiger partial charge in [-0.2, -0.15) is 0 Å². The number of carbonyl (C=O) groups excluding carboxylic acids is 1. The van der Waals surface area contributed by atoms with Crippen molar-refractivity contribution in [2.75, 3.05) is 0 Å². The number of hydrogen-bond acceptors (Lipinski definition) is 3. The molecule has 0 unspecified atom stereocenters. The molecule has 4 heteroatoms. The third-order valence-electron chi connectivity index (χ3n) is 1.95. The molecule has 0 bridgehead atoms. The maximum Gasteiger partial charge on any atom is 0.130 e. The molecule has 1 aromatic rings. The summed E-state index contributed by atoms with van der Waals surface area (Å²) in [5.41, 5.74) is 1.91. The molecule has 0 atom stereocenters. The minimum Gasteiger partial charge on any atom is -0.255 e. The Labute approximate surface area is 101 Å². The van der Waals surface area contributed by atoms with Crippen molar-refractivity contribution in [3.05, 3.63) is 47.9 Å². The van der Waals surface area contributed by atoms with Gasteiger partial charge in [0, 0.05) is 39.2 Å². The van der Waals surface area contributed by atoms with Gasteiger partial charge in [-0.3, -0.25) is 9.98 Å². The predicted octanol–water partition coefficient (Wildman–Crippen LogP) is 1.54. The van der Waals surface area contributed by atoms with Crippen molar-refractivity contribution in [2.45, 2.75) is 6.42 Å². The molecule has 3 nitrogen and oxygen atoms in total. The summed E-state index contributed by atoms with van der Waals surface area (Å²) in [6.07, 6.45) is 5.77. The fraction of sp³-hybridized carbons (Fsp3) is 0.0909. The van der Waals surface area contributed by atoms with Gasteiger partial charge in [0.2, 0.25) is 0 Å². The minimum atomic E-state index is 0. The summed E-state index contributed by atoms with van der Waals surface area (Å²) in [5, 5.41) is 0. The number of hydrogen-bond donors (Lipinski definition) is 0. The summed E-state index contributed by atoms with van der Waals surface area (Å²) < 4.78 is 0. The summed E-state index contributed by atoms with van der Waals surface area (Å²) in [4.78, 5) is 18.9. The Bertz CT molecular complexity index is 445. The second-order valence-corrected chi connectivity index (χ2v) is 2.86. The number of pyridine rings is 1. The van der Waals surface area contributed by atoms with Crippen LogP contribution in [0.15, 0.2) is 47.2 Å². The molecular weight excluding hydrogens is 362 g/mol. The third-order valence-corrected chi connectivity index (χ3v) is 1.95. The summed E-state index contributed by atoms with van der Waals surface area (Å²) >= 11 is 0. The van der Waals surface area contributed by atoms with E-state index in [-0.39, 0.29) is 20.4 Å². The molecule has 1 aliphatic rings. The van der Waals surface area contributed by atoms with Crippen LogP contribution in [-0.2, 0) is 25.2 Å². The number of nitrogens with zero attached hydrogens (tertiary/aromatic N) is 2. The molecule has 0 amide bonds. The van der Waals surface area contributed by atoms with Gasteiger partial charge >= 0.3 is 0 Å². The summed E-state index contributed by atoms with van der Waals surface area (Å²) in [6.45, 7) is 0. The van der Waals surface area contributed by atoms with Crippen LogP contribution in [0.5, 0.6) is 0 Å². The van der Waals surface area contributed by atoms with Gasteiger partial charge in [0.25, 0.3) is 0 Å². The summed E-state index contributed by atoms with van der Waals surface area (Å²) in [7, 11) is 0. The first-order valence-corrected chi connectivity index (χ1v) is 4.30. The zero-order valence-corrected chi connectivity index (χ0v) is 10.6. The molecule has 0 fully saturated rings. The summed E-state index contributed by atoms with van der Waals surface area (Å²) in [6, 6.07) is 5.52. The number of aliphatic imine (C=N–C) groups is 1. The second-order valence-electron chi connectivity index (χ2n) is 2.86. The number of rotatable bonds is 1. The van der Waals surface area contributed by atoms with Crippen LogP contribution in [0.3, 0.4) is 0 Å². The average Bonchev–Trinajstić information content (AvgIpc) is 2.30. The van der Waals surface area contributed by atoms with E-state index in [1.807, 2.05) is 30.2 Å². The molecule has 1 radical (unpaired) electrons. The Balaban J connectivity index is 0.00000112. The van der Waals surface area contributed by atoms with Gasteiger partial charge in [-0.05, 0) is 12.1 Å². The van der Waals surface area contributed by atoms with E-state index in [0.29, 0.717) is 17.7 Å². The standard InChI is InChI=1S/C11H8N2O.Re/c14-8-9-4-3-7-13-11(9)10-5-1-2-6-12-10;/h1-3,5-7H,4H2;. The molecule has 0 aromatic carbocycles. The molecule has 0 spiro atoms. The molecule has 15 heavy (non-hydrogen) atoms. The van der Waals surface area contributed by atoms with E-state index in [1.165, 1.54) is 0 Å². The zero-order chi connectivity index (χ0) is 9.80. The van der Waals surface area contributed by atoms with Gasteiger partial charge in [-0.25, -0.2) is 4.79 Å². The zero-order valence-electron chi connectivity index (χ0n) is 7.85. The Morgan fingerprint density at radius 1 is 1.33 bits per heavy atom. The van der Waals surface area contributed by atoms with Crippen molar-refractivity contribution in [3.8, 4) is 0 Å². The van der Waals surface area contributed by atoms with Gasteiger partial charge < -0.3 is 0 Å². The molecule has 75 valence electrons. The van der Waals surface area contributed by atoms with Crippen molar-refractivity contribution in [1.29, 1.82) is 0 Å². The van der Waals surface area contributed by atoms with E-state index in [1.54, 1.807) is 12.4 Å². The number of allylic oxidation sites excluding steroid dienone is 2. The normalized spacial score (nSPS) is 13.9. The predicted molar refractivity (Wildman–Crippen MR) is 53.7 cm³/mol. The molecule has 2 heterocycles. The van der Waals surface area contributed by atoms with E-state index < -0.39 is 0 Å². The monoisotopic (exact) mass is 371 g/mol. The van der Waals surface area contributed by atoms with Crippen LogP contribution in [0.2, 0.25) is 0 Å². The topological polar surface area (TPSA) is 42.3 Å². The Kier molecular flexibility index (Phi) is 4.33. The first-order chi connectivity index (χ1) is 6.92. The largest absolute Gasteiger partial charge is 0.255 e. The van der Waals surface area contributed by atoms with Crippen molar-refractivity contribution in [3.63, 3.8) is 0 Å². The smallest absolute Gasteiger partial charge is 0.130 e. The van der Waals surface area contributed by atoms with E-state index in [2.05, 4.69) is 9.98 Å². The average molecular weight is 370 g/mol. The fourth-order valence-electron chi connectivity index (χ4n) is 1.29. The second kappa shape index (κ2) is 5.53. The van der Waals surface area contributed by atoms with Crippen molar-refractivity contribution >= 4 is 11.7 Å². The van der Waals surface area contributed by atoms with Crippen LogP contribution in [0.1, 0.15) is 12.1 Å². The Morgan fingerprint density at radius 3 is 2.87 bits per heavy atom. The molecule has 0 saturated carbocycles. The minimum absolute atomic E-state index is 0. The van der Waals surface area contributed by atoms with Crippen LogP contribution in [0, 0.1) is 0 Å². The molecule has 0 saturated heterocycles. The SMILES string of the molecule is O=C=C1CC=CN=C1c1ccccn1.[Re]. The van der Waals surface area contributed by atoms with E-state index in [9.17, 15) is 4.79 Å². The van der Waals surface area contributed by atoms with Crippen LogP contribution in [0.4, 0.5) is 0 Å². The molecule has 2 rings (SSSR count). The summed E-state index contributed by atoms with van der Waals surface area (Å²) in [5.74, 6) is 1.90. The Hall–Kier alpha value is -1.33. The molecular formula is C11H8N2ORe.